The standard InChI is InChI=1S/C24H25F2N3O5.C17H16F2N2O2.C10H13N3O3.ClH/c1-13-11-14(5-7-17(13)25)28-23(31)16-6-8-18(26)21-19(9-10-33-22(16)21)29-24(32)34-12-15-3-2-4-20(30)27-15;1-9-8-10(2-4-12(9)18)21-17(22)11-3-5-13(19)15-14(20)6-7-23-16(11)15;14-9-3-1-2-8(12-9)6-16-10(15)13-5-4-11-7-13;/h5-8,11,15,19H,2-4,9-10,12H2,1H3,(H,27,30)(H,28,31)(H,29,32);2-5,8,14H,6-7,20H2,1H3,(H,21,22);4-5,7-8H,1-3,6H2,(H,12,14);1H/t15-,19+;14-;8-;/m101./s1. The molecule has 2 fully saturated rings. The summed E-state index contributed by atoms with van der Waals surface area (Å²) in [5.41, 5.74) is 8.10. The van der Waals surface area contributed by atoms with Gasteiger partial charge in [0.2, 0.25) is 11.8 Å². The third-order valence-electron chi connectivity index (χ3n) is 12.1. The maximum atomic E-state index is 14.8. The van der Waals surface area contributed by atoms with Crippen molar-refractivity contribution in [2.45, 2.75) is 89.4 Å². The lowest BCUT2D eigenvalue weighted by atomic mass is 9.96. The summed E-state index contributed by atoms with van der Waals surface area (Å²) in [4.78, 5) is 75.4. The first-order valence-electron chi connectivity index (χ1n) is 23.5. The normalized spacial score (nSPS) is 18.4. The number of nitrogens with zero attached hydrogens (tertiary/aromatic N) is 2. The van der Waals surface area contributed by atoms with Crippen molar-refractivity contribution in [1.82, 2.24) is 25.5 Å². The molecule has 7 N–H and O–H groups in total. The maximum Gasteiger partial charge on any atom is 0.419 e. The Bertz CT molecular complexity index is 2860. The van der Waals surface area contributed by atoms with Gasteiger partial charge in [0.25, 0.3) is 11.8 Å². The average molecular weight is 1050 g/mol. The molecule has 9 rings (SSSR count). The van der Waals surface area contributed by atoms with Gasteiger partial charge in [0.15, 0.2) is 0 Å². The number of anilines is 2. The summed E-state index contributed by atoms with van der Waals surface area (Å²) in [5, 5.41) is 13.5. The third kappa shape index (κ3) is 14.5. The molecule has 0 aliphatic carbocycles. The van der Waals surface area contributed by atoms with Crippen molar-refractivity contribution < 1.29 is 65.3 Å². The van der Waals surface area contributed by atoms with Gasteiger partial charge < -0.3 is 51.3 Å². The fourth-order valence-corrected chi connectivity index (χ4v) is 8.32. The van der Waals surface area contributed by atoms with Crippen LogP contribution in [0.1, 0.15) is 106 Å². The van der Waals surface area contributed by atoms with Crippen LogP contribution in [0.5, 0.6) is 11.5 Å². The summed E-state index contributed by atoms with van der Waals surface area (Å²) in [6, 6.07) is 11.8. The molecule has 0 spiro atoms. The highest BCUT2D eigenvalue weighted by molar-refractivity contribution is 6.07. The van der Waals surface area contributed by atoms with Crippen LogP contribution in [0.3, 0.4) is 0 Å². The van der Waals surface area contributed by atoms with Crippen LogP contribution in [0.2, 0.25) is 0 Å². The molecule has 0 saturated carbocycles. The number of nitrogens with one attached hydrogen (secondary N) is 5. The van der Waals surface area contributed by atoms with Crippen molar-refractivity contribution in [2.24, 2.45) is 5.73 Å². The van der Waals surface area contributed by atoms with Crippen molar-refractivity contribution in [3.05, 3.63) is 136 Å². The van der Waals surface area contributed by atoms with Gasteiger partial charge in [-0.1, -0.05) is 0 Å². The molecule has 23 heteroatoms. The Morgan fingerprint density at radius 3 is 1.72 bits per heavy atom. The van der Waals surface area contributed by atoms with Gasteiger partial charge in [-0.25, -0.2) is 36.7 Å². The number of halogens is 5. The van der Waals surface area contributed by atoms with E-state index in [-0.39, 0.29) is 102 Å². The molecule has 18 nitrogen and oxygen atoms in total. The molecule has 4 aliphatic heterocycles. The highest BCUT2D eigenvalue weighted by atomic mass is 35.5. The first-order valence-corrected chi connectivity index (χ1v) is 23.5. The number of imidazole rings is 1. The van der Waals surface area contributed by atoms with Crippen LogP contribution in [0.4, 0.5) is 38.5 Å². The van der Waals surface area contributed by atoms with Crippen molar-refractivity contribution in [3.8, 4) is 11.5 Å². The van der Waals surface area contributed by atoms with E-state index in [1.165, 1.54) is 77.9 Å². The number of aryl methyl sites for hydroxylation is 2. The molecule has 4 aromatic carbocycles. The number of amides is 5. The van der Waals surface area contributed by atoms with Crippen molar-refractivity contribution in [2.75, 3.05) is 37.1 Å². The summed E-state index contributed by atoms with van der Waals surface area (Å²) in [5.74, 6) is -2.72. The molecule has 4 aliphatic rings. The first-order chi connectivity index (χ1) is 35.0. The van der Waals surface area contributed by atoms with Gasteiger partial charge in [-0.3, -0.25) is 19.2 Å². The van der Waals surface area contributed by atoms with Crippen LogP contribution in [-0.4, -0.2) is 83.9 Å². The topological polar surface area (TPSA) is 243 Å². The molecule has 5 amide bonds. The minimum atomic E-state index is -0.766. The highest BCUT2D eigenvalue weighted by Gasteiger charge is 2.32. The number of piperidine rings is 2. The van der Waals surface area contributed by atoms with Gasteiger partial charge in [-0.2, -0.15) is 0 Å². The lowest BCUT2D eigenvalue weighted by molar-refractivity contribution is -0.124. The number of fused-ring (bicyclic) bond motifs is 2. The summed E-state index contributed by atoms with van der Waals surface area (Å²) in [6.45, 7) is 3.88. The zero-order valence-corrected chi connectivity index (χ0v) is 41.1. The predicted octanol–water partition coefficient (Wildman–Crippen LogP) is 8.01. The Hall–Kier alpha value is -7.72. The van der Waals surface area contributed by atoms with Gasteiger partial charge in [0, 0.05) is 61.1 Å². The van der Waals surface area contributed by atoms with Crippen molar-refractivity contribution in [1.29, 1.82) is 0 Å². The van der Waals surface area contributed by atoms with Crippen LogP contribution < -0.4 is 41.8 Å². The lowest BCUT2D eigenvalue weighted by Crippen LogP contribution is -2.43. The number of benzene rings is 4. The minimum Gasteiger partial charge on any atom is -0.492 e. The average Bonchev–Trinajstić information content (AvgIpc) is 3.92. The monoisotopic (exact) mass is 1050 g/mol. The van der Waals surface area contributed by atoms with Crippen LogP contribution in [0.15, 0.2) is 79.4 Å². The molecule has 0 bridgehead atoms. The Morgan fingerprint density at radius 1 is 0.703 bits per heavy atom. The SMILES string of the molecule is Cc1cc(NC(=O)c2ccc(F)c3c2OCC[C@@H]3N)ccc1F.Cc1cc(NC(=O)c2ccc(F)c3c2OCC[C@@H]3NC(=O)OC[C@H]2CCCC(=O)N2)ccc1F.Cl.O=C1CCC[C@H](COC(=O)n2ccnc2)N1. The maximum absolute atomic E-state index is 14.8. The van der Waals surface area contributed by atoms with E-state index < -0.39 is 53.5 Å². The van der Waals surface area contributed by atoms with Crippen LogP contribution in [0.25, 0.3) is 0 Å². The van der Waals surface area contributed by atoms with E-state index in [9.17, 15) is 46.3 Å². The highest BCUT2D eigenvalue weighted by Crippen LogP contribution is 2.38. The molecule has 0 unspecified atom stereocenters. The quantitative estimate of drug-likeness (QED) is 0.0770. The predicted molar refractivity (Wildman–Crippen MR) is 263 cm³/mol. The Balaban J connectivity index is 0.000000193. The number of alkyl carbamates (subject to hydrolysis) is 1. The van der Waals surface area contributed by atoms with Gasteiger partial charge in [-0.15, -0.1) is 12.4 Å². The van der Waals surface area contributed by atoms with E-state index in [0.29, 0.717) is 54.8 Å². The van der Waals surface area contributed by atoms with Crippen molar-refractivity contribution in [3.63, 3.8) is 0 Å². The van der Waals surface area contributed by atoms with E-state index >= 15 is 0 Å². The fourth-order valence-electron chi connectivity index (χ4n) is 8.32. The number of hydrogen-bond donors (Lipinski definition) is 6. The molecule has 2 saturated heterocycles. The van der Waals surface area contributed by atoms with Crippen LogP contribution in [-0.2, 0) is 19.1 Å². The molecule has 4 atom stereocenters. The van der Waals surface area contributed by atoms with E-state index in [2.05, 4.69) is 31.6 Å². The van der Waals surface area contributed by atoms with E-state index in [1.54, 1.807) is 13.8 Å². The van der Waals surface area contributed by atoms with E-state index in [4.69, 9.17) is 24.7 Å². The van der Waals surface area contributed by atoms with Crippen molar-refractivity contribution >= 4 is 59.6 Å². The molecular weight excluding hydrogens is 996 g/mol. The zero-order chi connectivity index (χ0) is 52.2. The summed E-state index contributed by atoms with van der Waals surface area (Å²) < 4.78 is 78.1. The molecule has 1 aromatic heterocycles. The van der Waals surface area contributed by atoms with E-state index in [0.717, 1.165) is 25.3 Å². The number of ether oxygens (including phenoxy) is 4. The Labute approximate surface area is 428 Å². The largest absolute Gasteiger partial charge is 0.492 e. The van der Waals surface area contributed by atoms with Gasteiger partial charge in [0.05, 0.1) is 48.0 Å². The second-order valence-corrected chi connectivity index (χ2v) is 17.5. The number of rotatable bonds is 9. The zero-order valence-electron chi connectivity index (χ0n) is 40.3. The summed E-state index contributed by atoms with van der Waals surface area (Å²) >= 11 is 0. The summed E-state index contributed by atoms with van der Waals surface area (Å²) in [7, 11) is 0. The lowest BCUT2D eigenvalue weighted by Gasteiger charge is -2.29. The molecular formula is C51H55ClF4N8O10. The number of carbonyl (C=O) groups is 6. The third-order valence-corrected chi connectivity index (χ3v) is 12.1. The smallest absolute Gasteiger partial charge is 0.419 e. The second kappa shape index (κ2) is 25.8. The van der Waals surface area contributed by atoms with E-state index in [1.807, 2.05) is 0 Å². The van der Waals surface area contributed by atoms with Gasteiger partial charge in [-0.05, 0) is 111 Å². The summed E-state index contributed by atoms with van der Waals surface area (Å²) in [6.07, 6.45) is 8.08. The van der Waals surface area contributed by atoms with Crippen LogP contribution >= 0.6 is 12.4 Å². The number of nitrogens with two attached hydrogens (primary N) is 1. The Kier molecular flexibility index (Phi) is 19.4. The number of carbonyl (C=O) groups excluding carboxylic acids is 6. The fraction of sp³-hybridized carbons (Fsp3) is 0.353. The molecule has 5 heterocycles. The molecule has 0 radical (unpaired) electrons. The first kappa shape index (κ1) is 55.6. The minimum absolute atomic E-state index is 0. The van der Waals surface area contributed by atoms with Crippen LogP contribution in [0, 0.1) is 37.1 Å². The number of aromatic nitrogens is 2. The van der Waals surface area contributed by atoms with Gasteiger partial charge in [0.1, 0.15) is 54.3 Å². The molecule has 394 valence electrons. The molecule has 74 heavy (non-hydrogen) atoms. The Morgan fingerprint density at radius 2 is 1.20 bits per heavy atom. The molecule has 5 aromatic rings. The van der Waals surface area contributed by atoms with Gasteiger partial charge >= 0.3 is 12.2 Å². The second-order valence-electron chi connectivity index (χ2n) is 17.5. The number of hydrogen-bond acceptors (Lipinski definition) is 12.